The van der Waals surface area contributed by atoms with Crippen molar-refractivity contribution in [3.8, 4) is 11.1 Å². The monoisotopic (exact) mass is 368 g/mol. The zero-order chi connectivity index (χ0) is 19.3. The Hall–Kier alpha value is -3.27. The van der Waals surface area contributed by atoms with Gasteiger partial charge >= 0.3 is 0 Å². The molecule has 1 aromatic heterocycles. The van der Waals surface area contributed by atoms with Gasteiger partial charge in [0, 0.05) is 24.5 Å². The Kier molecular flexibility index (Phi) is 5.29. The van der Waals surface area contributed by atoms with Crippen molar-refractivity contribution in [2.24, 2.45) is 10.9 Å². The molecule has 1 aliphatic rings. The lowest BCUT2D eigenvalue weighted by Gasteiger charge is -2.14. The number of anilines is 1. The number of nitrogens with one attached hydrogen (secondary N) is 1. The Bertz CT molecular complexity index is 1050. The fraction of sp³-hybridized carbons (Fsp3) is 0.208. The average molecular weight is 368 g/mol. The molecule has 4 heteroatoms. The van der Waals surface area contributed by atoms with Crippen molar-refractivity contribution in [3.05, 3.63) is 73.2 Å². The molecule has 0 saturated heterocycles. The molecule has 0 atom stereocenters. The van der Waals surface area contributed by atoms with Gasteiger partial charge in [0.15, 0.2) is 5.82 Å². The first-order valence-corrected chi connectivity index (χ1v) is 9.71. The van der Waals surface area contributed by atoms with Gasteiger partial charge in [0.05, 0.1) is 10.9 Å². The third-order valence-electron chi connectivity index (χ3n) is 4.95. The second-order valence-corrected chi connectivity index (χ2v) is 6.99. The lowest BCUT2D eigenvalue weighted by Crippen LogP contribution is -2.09. The molecule has 0 aliphatic heterocycles. The Labute approximate surface area is 165 Å². The molecule has 1 aliphatic carbocycles. The van der Waals surface area contributed by atoms with E-state index in [9.17, 15) is 0 Å². The van der Waals surface area contributed by atoms with E-state index < -0.39 is 0 Å². The van der Waals surface area contributed by atoms with Gasteiger partial charge in [-0.25, -0.2) is 9.97 Å². The van der Waals surface area contributed by atoms with Crippen LogP contribution in [-0.4, -0.2) is 22.7 Å². The molecule has 2 aromatic carbocycles. The van der Waals surface area contributed by atoms with E-state index in [-0.39, 0.29) is 0 Å². The minimum absolute atomic E-state index is 0.670. The summed E-state index contributed by atoms with van der Waals surface area (Å²) in [6.07, 6.45) is 7.82. The fourth-order valence-electron chi connectivity index (χ4n) is 3.26. The van der Waals surface area contributed by atoms with Crippen molar-refractivity contribution in [1.29, 1.82) is 0 Å². The summed E-state index contributed by atoms with van der Waals surface area (Å²) in [7, 11) is 0. The summed E-state index contributed by atoms with van der Waals surface area (Å²) in [5.41, 5.74) is 4.11. The summed E-state index contributed by atoms with van der Waals surface area (Å²) in [5.74, 6) is 2.31. The van der Waals surface area contributed by atoms with E-state index in [1.807, 2.05) is 25.1 Å². The van der Waals surface area contributed by atoms with Gasteiger partial charge in [-0.2, -0.15) is 0 Å². The van der Waals surface area contributed by atoms with Crippen molar-refractivity contribution in [1.82, 2.24) is 9.97 Å². The SMILES string of the molecule is C=CN=C/C(=C\C)c1nc(NCC2CC2)c2c(-c3ccccc3)cccc2n1. The van der Waals surface area contributed by atoms with Gasteiger partial charge in [-0.1, -0.05) is 55.1 Å². The minimum Gasteiger partial charge on any atom is -0.369 e. The number of fused-ring (bicyclic) bond motifs is 1. The third-order valence-corrected chi connectivity index (χ3v) is 4.95. The van der Waals surface area contributed by atoms with Crippen LogP contribution in [0.3, 0.4) is 0 Å². The highest BCUT2D eigenvalue weighted by Gasteiger charge is 2.22. The van der Waals surface area contributed by atoms with E-state index in [0.29, 0.717) is 5.82 Å². The van der Waals surface area contributed by atoms with Crippen LogP contribution in [0.2, 0.25) is 0 Å². The molecule has 0 spiro atoms. The molecule has 4 rings (SSSR count). The van der Waals surface area contributed by atoms with E-state index in [2.05, 4.69) is 53.3 Å². The number of benzene rings is 2. The van der Waals surface area contributed by atoms with Crippen molar-refractivity contribution in [3.63, 3.8) is 0 Å². The number of aliphatic imine (C=N–C) groups is 1. The molecule has 3 aromatic rings. The first kappa shape index (κ1) is 18.1. The lowest BCUT2D eigenvalue weighted by atomic mass is 10.0. The second-order valence-electron chi connectivity index (χ2n) is 6.99. The highest BCUT2D eigenvalue weighted by Crippen LogP contribution is 2.34. The lowest BCUT2D eigenvalue weighted by molar-refractivity contribution is 0.883. The van der Waals surface area contributed by atoms with Crippen molar-refractivity contribution in [2.75, 3.05) is 11.9 Å². The molecule has 4 nitrogen and oxygen atoms in total. The van der Waals surface area contributed by atoms with Gasteiger partial charge in [-0.05, 0) is 42.9 Å². The number of rotatable bonds is 7. The molecule has 1 saturated carbocycles. The van der Waals surface area contributed by atoms with Crippen LogP contribution in [0, 0.1) is 5.92 Å². The molecule has 0 unspecified atom stereocenters. The molecular formula is C24H24N4. The predicted molar refractivity (Wildman–Crippen MR) is 119 cm³/mol. The maximum atomic E-state index is 4.89. The van der Waals surface area contributed by atoms with E-state index >= 15 is 0 Å². The van der Waals surface area contributed by atoms with E-state index in [4.69, 9.17) is 9.97 Å². The highest BCUT2D eigenvalue weighted by atomic mass is 15.0. The van der Waals surface area contributed by atoms with Crippen LogP contribution in [0.25, 0.3) is 27.6 Å². The van der Waals surface area contributed by atoms with Crippen LogP contribution in [0.5, 0.6) is 0 Å². The number of aromatic nitrogens is 2. The molecule has 140 valence electrons. The molecule has 1 fully saturated rings. The molecule has 0 amide bonds. The average Bonchev–Trinajstić information content (AvgIpc) is 3.57. The van der Waals surface area contributed by atoms with Crippen molar-refractivity contribution >= 4 is 28.5 Å². The van der Waals surface area contributed by atoms with E-state index in [1.165, 1.54) is 24.6 Å². The molecular weight excluding hydrogens is 344 g/mol. The van der Waals surface area contributed by atoms with Gasteiger partial charge in [0.1, 0.15) is 5.82 Å². The summed E-state index contributed by atoms with van der Waals surface area (Å²) in [4.78, 5) is 13.9. The summed E-state index contributed by atoms with van der Waals surface area (Å²) in [6.45, 7) is 6.56. The van der Waals surface area contributed by atoms with Gasteiger partial charge < -0.3 is 5.32 Å². The summed E-state index contributed by atoms with van der Waals surface area (Å²) >= 11 is 0. The van der Waals surface area contributed by atoms with Gasteiger partial charge in [0.2, 0.25) is 0 Å². The maximum Gasteiger partial charge on any atom is 0.163 e. The Balaban J connectivity index is 1.89. The summed E-state index contributed by atoms with van der Waals surface area (Å²) in [6, 6.07) is 16.6. The minimum atomic E-state index is 0.670. The fourth-order valence-corrected chi connectivity index (χ4v) is 3.26. The standard InChI is InChI=1S/C24H24N4/c1-3-18(16-25-4-2)23-27-21-12-8-11-20(19-9-6-5-7-10-19)22(21)24(28-23)26-15-17-13-14-17/h3-12,16-17H,2,13-15H2,1H3,(H,26,27,28)/b18-3+,25-16?. The first-order chi connectivity index (χ1) is 13.8. The van der Waals surface area contributed by atoms with Crippen molar-refractivity contribution in [2.45, 2.75) is 19.8 Å². The van der Waals surface area contributed by atoms with Gasteiger partial charge in [-0.3, -0.25) is 4.99 Å². The third kappa shape index (κ3) is 3.86. The highest BCUT2D eigenvalue weighted by molar-refractivity contribution is 6.10. The zero-order valence-corrected chi connectivity index (χ0v) is 16.1. The number of hydrogen-bond acceptors (Lipinski definition) is 4. The number of nitrogens with zero attached hydrogens (tertiary/aromatic N) is 3. The van der Waals surface area contributed by atoms with Crippen LogP contribution in [0.15, 0.2) is 72.4 Å². The summed E-state index contributed by atoms with van der Waals surface area (Å²) < 4.78 is 0. The molecule has 0 radical (unpaired) electrons. The smallest absolute Gasteiger partial charge is 0.163 e. The molecule has 1 heterocycles. The van der Waals surface area contributed by atoms with Crippen molar-refractivity contribution < 1.29 is 0 Å². The van der Waals surface area contributed by atoms with Crippen LogP contribution in [-0.2, 0) is 0 Å². The Morgan fingerprint density at radius 1 is 1.14 bits per heavy atom. The topological polar surface area (TPSA) is 50.2 Å². The predicted octanol–water partition coefficient (Wildman–Crippen LogP) is 5.74. The second kappa shape index (κ2) is 8.17. The molecule has 28 heavy (non-hydrogen) atoms. The van der Waals surface area contributed by atoms with Gasteiger partial charge in [0.25, 0.3) is 0 Å². The largest absolute Gasteiger partial charge is 0.369 e. The quantitative estimate of drug-likeness (QED) is 0.541. The normalized spacial score (nSPS) is 14.5. The first-order valence-electron chi connectivity index (χ1n) is 9.71. The van der Waals surface area contributed by atoms with Crippen LogP contribution >= 0.6 is 0 Å². The van der Waals surface area contributed by atoms with E-state index in [0.717, 1.165) is 40.3 Å². The van der Waals surface area contributed by atoms with Crippen LogP contribution in [0.4, 0.5) is 5.82 Å². The molecule has 0 bridgehead atoms. The van der Waals surface area contributed by atoms with Crippen LogP contribution < -0.4 is 5.32 Å². The van der Waals surface area contributed by atoms with Gasteiger partial charge in [-0.15, -0.1) is 0 Å². The van der Waals surface area contributed by atoms with E-state index in [1.54, 1.807) is 6.21 Å². The zero-order valence-electron chi connectivity index (χ0n) is 16.1. The number of allylic oxidation sites excluding steroid dienone is 2. The maximum absolute atomic E-state index is 4.89. The summed E-state index contributed by atoms with van der Waals surface area (Å²) in [5, 5.41) is 4.66. The Morgan fingerprint density at radius 2 is 1.96 bits per heavy atom. The van der Waals surface area contributed by atoms with Crippen LogP contribution in [0.1, 0.15) is 25.6 Å². The number of hydrogen-bond donors (Lipinski definition) is 1. The molecule has 1 N–H and O–H groups in total. The Morgan fingerprint density at radius 3 is 2.68 bits per heavy atom.